The summed E-state index contributed by atoms with van der Waals surface area (Å²) in [6.07, 6.45) is 0. The number of carbonyl (C=O) groups is 1. The smallest absolute Gasteiger partial charge is 0.255 e. The van der Waals surface area contributed by atoms with Crippen LogP contribution in [-0.4, -0.2) is 6.04 Å². The summed E-state index contributed by atoms with van der Waals surface area (Å²) in [5, 5.41) is 0. The van der Waals surface area contributed by atoms with Crippen molar-refractivity contribution in [3.8, 4) is 11.1 Å². The van der Waals surface area contributed by atoms with Crippen LogP contribution in [0.1, 0.15) is 10.4 Å². The van der Waals surface area contributed by atoms with Crippen molar-refractivity contribution in [3.63, 3.8) is 0 Å². The maximum atomic E-state index is 13.6. The van der Waals surface area contributed by atoms with Crippen LogP contribution in [0.25, 0.3) is 11.1 Å². The molecule has 0 N–H and O–H groups in total. The molecule has 0 aliphatic heterocycles. The molecule has 0 spiro atoms. The molecule has 0 bridgehead atoms. The van der Waals surface area contributed by atoms with Crippen molar-refractivity contribution in [2.45, 2.75) is 0 Å². The number of rotatable bonds is 2. The van der Waals surface area contributed by atoms with Crippen molar-refractivity contribution >= 4 is 6.04 Å². The van der Waals surface area contributed by atoms with Crippen LogP contribution in [0.3, 0.4) is 0 Å². The number of halogens is 5. The minimum Gasteiger partial charge on any atom is -0.255 e. The van der Waals surface area contributed by atoms with Gasteiger partial charge in [0.25, 0.3) is 0 Å². The second-order valence-electron chi connectivity index (χ2n) is 3.65. The topological polar surface area (TPSA) is 17.1 Å². The molecule has 2 aromatic carbocycles. The summed E-state index contributed by atoms with van der Waals surface area (Å²) in [5.41, 5.74) is -2.54. The van der Waals surface area contributed by atoms with Gasteiger partial charge in [0.05, 0.1) is 0 Å². The minimum atomic E-state index is -2.38. The summed E-state index contributed by atoms with van der Waals surface area (Å²) in [6.45, 7) is 0. The van der Waals surface area contributed by atoms with Crippen LogP contribution < -0.4 is 0 Å². The summed E-state index contributed by atoms with van der Waals surface area (Å²) < 4.78 is 66.0. The average molecular weight is 272 g/mol. The van der Waals surface area contributed by atoms with Gasteiger partial charge in [-0.05, 0) is 5.56 Å². The van der Waals surface area contributed by atoms with Crippen LogP contribution in [0.15, 0.2) is 30.3 Å². The van der Waals surface area contributed by atoms with Gasteiger partial charge in [0.15, 0.2) is 23.3 Å². The fourth-order valence-corrected chi connectivity index (χ4v) is 1.69. The van der Waals surface area contributed by atoms with E-state index >= 15 is 0 Å². The van der Waals surface area contributed by atoms with E-state index in [4.69, 9.17) is 0 Å². The normalized spacial score (nSPS) is 10.6. The number of carbonyl (C=O) groups excluding carboxylic acids is 1. The quantitative estimate of drug-likeness (QED) is 0.349. The molecule has 0 aromatic heterocycles. The Bertz CT molecular complexity index is 652. The highest BCUT2D eigenvalue weighted by Crippen LogP contribution is 2.33. The molecule has 1 nitrogen and oxygen atoms in total. The molecule has 0 fully saturated rings. The molecule has 0 saturated carbocycles. The second-order valence-corrected chi connectivity index (χ2v) is 3.65. The van der Waals surface area contributed by atoms with E-state index < -0.39 is 40.4 Å². The second kappa shape index (κ2) is 4.79. The third-order valence-corrected chi connectivity index (χ3v) is 2.53. The molecular formula is C13H5F5O. The standard InChI is InChI=1S/C13H5F5O/c14-9-7(6-4-2-1-3-5-6)8(13(18)19)10(15)12(17)11(9)16/h1-5H. The minimum absolute atomic E-state index is 0.140. The van der Waals surface area contributed by atoms with E-state index in [0.717, 1.165) is 0 Å². The summed E-state index contributed by atoms with van der Waals surface area (Å²) in [6, 6.07) is 4.34. The molecule has 0 aliphatic rings. The summed E-state index contributed by atoms with van der Waals surface area (Å²) in [4.78, 5) is 10.7. The van der Waals surface area contributed by atoms with E-state index in [1.807, 2.05) is 0 Å². The lowest BCUT2D eigenvalue weighted by molar-refractivity contribution is 0.0830. The molecule has 6 heteroatoms. The maximum Gasteiger partial charge on any atom is 0.335 e. The summed E-state index contributed by atoms with van der Waals surface area (Å²) in [7, 11) is 0. The first-order valence-electron chi connectivity index (χ1n) is 5.06. The number of hydrogen-bond acceptors (Lipinski definition) is 1. The van der Waals surface area contributed by atoms with Crippen molar-refractivity contribution in [2.24, 2.45) is 0 Å². The summed E-state index contributed by atoms with van der Waals surface area (Å²) >= 11 is 0. The maximum absolute atomic E-state index is 13.6. The third-order valence-electron chi connectivity index (χ3n) is 2.53. The fraction of sp³-hybridized carbons (Fsp3) is 0. The van der Waals surface area contributed by atoms with E-state index in [1.54, 1.807) is 0 Å². The van der Waals surface area contributed by atoms with E-state index in [-0.39, 0.29) is 5.56 Å². The van der Waals surface area contributed by atoms with Gasteiger partial charge in [0.2, 0.25) is 0 Å². The van der Waals surface area contributed by atoms with Gasteiger partial charge in [-0.25, -0.2) is 17.6 Å². The Kier molecular flexibility index (Phi) is 3.33. The predicted octanol–water partition coefficient (Wildman–Crippen LogP) is 4.02. The Morgan fingerprint density at radius 2 is 1.32 bits per heavy atom. The Morgan fingerprint density at radius 3 is 1.84 bits per heavy atom. The van der Waals surface area contributed by atoms with E-state index in [2.05, 4.69) is 0 Å². The highest BCUT2D eigenvalue weighted by atomic mass is 19.2. The first-order chi connectivity index (χ1) is 8.95. The van der Waals surface area contributed by atoms with Crippen molar-refractivity contribution < 1.29 is 26.7 Å². The van der Waals surface area contributed by atoms with Crippen LogP contribution in [0, 0.1) is 23.3 Å². The molecule has 19 heavy (non-hydrogen) atoms. The summed E-state index contributed by atoms with van der Waals surface area (Å²) in [5.74, 6) is -8.18. The highest BCUT2D eigenvalue weighted by molar-refractivity contribution is 5.97. The van der Waals surface area contributed by atoms with Gasteiger partial charge in [0.1, 0.15) is 5.56 Å². The molecule has 0 saturated heterocycles. The lowest BCUT2D eigenvalue weighted by Crippen LogP contribution is -2.08. The van der Waals surface area contributed by atoms with Crippen LogP contribution in [-0.2, 0) is 0 Å². The molecule has 0 aliphatic carbocycles. The molecule has 0 heterocycles. The number of benzene rings is 2. The van der Waals surface area contributed by atoms with E-state index in [1.165, 1.54) is 30.3 Å². The zero-order valence-corrected chi connectivity index (χ0v) is 9.18. The van der Waals surface area contributed by atoms with E-state index in [0.29, 0.717) is 0 Å². The molecule has 2 aromatic rings. The average Bonchev–Trinajstić information content (AvgIpc) is 2.40. The van der Waals surface area contributed by atoms with Gasteiger partial charge in [0, 0.05) is 5.56 Å². The largest absolute Gasteiger partial charge is 0.335 e. The van der Waals surface area contributed by atoms with Gasteiger partial charge >= 0.3 is 6.04 Å². The molecule has 0 radical (unpaired) electrons. The Labute approximate surface area is 104 Å². The monoisotopic (exact) mass is 272 g/mol. The van der Waals surface area contributed by atoms with Crippen molar-refractivity contribution in [3.05, 3.63) is 59.2 Å². The number of hydrogen-bond donors (Lipinski definition) is 0. The van der Waals surface area contributed by atoms with Crippen LogP contribution in [0.4, 0.5) is 22.0 Å². The van der Waals surface area contributed by atoms with Crippen LogP contribution in [0.5, 0.6) is 0 Å². The van der Waals surface area contributed by atoms with Gasteiger partial charge in [-0.2, -0.15) is 4.39 Å². The lowest BCUT2D eigenvalue weighted by atomic mass is 9.98. The van der Waals surface area contributed by atoms with Crippen LogP contribution in [0.2, 0.25) is 0 Å². The first kappa shape index (κ1) is 13.2. The lowest BCUT2D eigenvalue weighted by Gasteiger charge is -2.10. The Morgan fingerprint density at radius 1 is 0.789 bits per heavy atom. The fourth-order valence-electron chi connectivity index (χ4n) is 1.69. The zero-order valence-electron chi connectivity index (χ0n) is 9.18. The Hall–Kier alpha value is -2.24. The van der Waals surface area contributed by atoms with Crippen molar-refractivity contribution in [2.75, 3.05) is 0 Å². The highest BCUT2D eigenvalue weighted by Gasteiger charge is 2.29. The first-order valence-corrected chi connectivity index (χ1v) is 5.06. The van der Waals surface area contributed by atoms with E-state index in [9.17, 15) is 26.7 Å². The van der Waals surface area contributed by atoms with Gasteiger partial charge in [-0.1, -0.05) is 30.3 Å². The molecule has 0 amide bonds. The molecule has 0 atom stereocenters. The van der Waals surface area contributed by atoms with Gasteiger partial charge in [-0.15, -0.1) is 0 Å². The molecule has 98 valence electrons. The third kappa shape index (κ3) is 2.09. The molecular weight excluding hydrogens is 267 g/mol. The van der Waals surface area contributed by atoms with Crippen LogP contribution >= 0.6 is 0 Å². The van der Waals surface area contributed by atoms with Crippen molar-refractivity contribution in [1.29, 1.82) is 0 Å². The predicted molar refractivity (Wildman–Crippen MR) is 57.1 cm³/mol. The molecule has 0 unspecified atom stereocenters. The van der Waals surface area contributed by atoms with Crippen molar-refractivity contribution in [1.82, 2.24) is 0 Å². The SMILES string of the molecule is O=C(F)c1c(F)c(F)c(F)c(F)c1-c1ccccc1. The van der Waals surface area contributed by atoms with Gasteiger partial charge in [-0.3, -0.25) is 4.79 Å². The zero-order chi connectivity index (χ0) is 14.2. The Balaban J connectivity index is 2.90. The molecule has 2 rings (SSSR count). The van der Waals surface area contributed by atoms with Gasteiger partial charge < -0.3 is 0 Å².